The molecule has 0 aliphatic carbocycles. The second-order valence-corrected chi connectivity index (χ2v) is 5.46. The highest BCUT2D eigenvalue weighted by molar-refractivity contribution is 6.04. The Hall–Kier alpha value is -2.40. The van der Waals surface area contributed by atoms with E-state index in [2.05, 4.69) is 15.2 Å². The maximum Gasteiger partial charge on any atom is 0.255 e. The number of benzene rings is 1. The van der Waals surface area contributed by atoms with Crippen LogP contribution in [0.4, 0.5) is 11.4 Å². The highest BCUT2D eigenvalue weighted by Crippen LogP contribution is 2.21. The lowest BCUT2D eigenvalue weighted by Gasteiger charge is -2.31. The van der Waals surface area contributed by atoms with Crippen LogP contribution in [0.5, 0.6) is 0 Å². The number of carbonyl (C=O) groups is 1. The van der Waals surface area contributed by atoms with Gasteiger partial charge in [-0.15, -0.1) is 0 Å². The molecule has 2 heterocycles. The zero-order valence-electron chi connectivity index (χ0n) is 12.3. The Morgan fingerprint density at radius 3 is 2.36 bits per heavy atom. The Bertz CT molecular complexity index is 620. The van der Waals surface area contributed by atoms with Gasteiger partial charge in [0.2, 0.25) is 0 Å². The van der Waals surface area contributed by atoms with Gasteiger partial charge in [0, 0.05) is 42.4 Å². The summed E-state index contributed by atoms with van der Waals surface area (Å²) < 4.78 is 0. The lowest BCUT2D eigenvalue weighted by molar-refractivity contribution is 0.102. The molecule has 0 unspecified atom stereocenters. The molecule has 3 rings (SSSR count). The molecule has 0 atom stereocenters. The second-order valence-electron chi connectivity index (χ2n) is 5.46. The molecule has 1 aliphatic rings. The van der Waals surface area contributed by atoms with Crippen molar-refractivity contribution in [2.75, 3.05) is 23.3 Å². The Labute approximate surface area is 129 Å². The maximum absolute atomic E-state index is 12.2. The lowest BCUT2D eigenvalue weighted by atomic mass is 10.1. The summed E-state index contributed by atoms with van der Waals surface area (Å²) in [6.45, 7) is 1.70. The molecule has 2 N–H and O–H groups in total. The van der Waals surface area contributed by atoms with Gasteiger partial charge in [0.05, 0.1) is 6.10 Å². The fraction of sp³-hybridized carbons (Fsp3) is 0.294. The normalized spacial score (nSPS) is 15.6. The van der Waals surface area contributed by atoms with Crippen molar-refractivity contribution in [3.8, 4) is 0 Å². The fourth-order valence-corrected chi connectivity index (χ4v) is 2.59. The van der Waals surface area contributed by atoms with E-state index in [1.807, 2.05) is 24.3 Å². The summed E-state index contributed by atoms with van der Waals surface area (Å²) in [5, 5.41) is 12.4. The number of aromatic nitrogens is 1. The van der Waals surface area contributed by atoms with Crippen LogP contribution in [-0.2, 0) is 0 Å². The minimum absolute atomic E-state index is 0.133. The number of aliphatic hydroxyl groups excluding tert-OH is 1. The van der Waals surface area contributed by atoms with E-state index >= 15 is 0 Å². The van der Waals surface area contributed by atoms with Crippen LogP contribution < -0.4 is 10.2 Å². The molecule has 0 bridgehead atoms. The van der Waals surface area contributed by atoms with Crippen LogP contribution in [-0.4, -0.2) is 35.2 Å². The molecule has 1 saturated heterocycles. The van der Waals surface area contributed by atoms with E-state index in [4.69, 9.17) is 0 Å². The predicted octanol–water partition coefficient (Wildman–Crippen LogP) is 2.29. The van der Waals surface area contributed by atoms with E-state index in [1.165, 1.54) is 0 Å². The van der Waals surface area contributed by atoms with Crippen LogP contribution in [0.2, 0.25) is 0 Å². The molecule has 2 aromatic rings. The zero-order chi connectivity index (χ0) is 15.4. The molecular weight excluding hydrogens is 278 g/mol. The van der Waals surface area contributed by atoms with Crippen LogP contribution in [0.1, 0.15) is 23.2 Å². The topological polar surface area (TPSA) is 65.5 Å². The van der Waals surface area contributed by atoms with E-state index < -0.39 is 0 Å². The number of pyridine rings is 1. The first-order chi connectivity index (χ1) is 10.7. The van der Waals surface area contributed by atoms with Crippen LogP contribution >= 0.6 is 0 Å². The molecule has 114 valence electrons. The van der Waals surface area contributed by atoms with E-state index in [0.717, 1.165) is 37.3 Å². The van der Waals surface area contributed by atoms with E-state index in [-0.39, 0.29) is 12.0 Å². The molecule has 0 radical (unpaired) electrons. The van der Waals surface area contributed by atoms with E-state index in [1.54, 1.807) is 24.5 Å². The number of nitrogens with one attached hydrogen (secondary N) is 1. The van der Waals surface area contributed by atoms with Crippen LogP contribution in [0, 0.1) is 0 Å². The highest BCUT2D eigenvalue weighted by Gasteiger charge is 2.17. The third-order valence-corrected chi connectivity index (χ3v) is 3.90. The summed E-state index contributed by atoms with van der Waals surface area (Å²) in [4.78, 5) is 18.3. The maximum atomic E-state index is 12.2. The number of hydrogen-bond donors (Lipinski definition) is 2. The van der Waals surface area contributed by atoms with E-state index in [9.17, 15) is 9.90 Å². The molecule has 5 nitrogen and oxygen atoms in total. The van der Waals surface area contributed by atoms with Crippen LogP contribution in [0.25, 0.3) is 0 Å². The molecular formula is C17H19N3O2. The standard InChI is InChI=1S/C17H19N3O2/c21-16-7-11-20(12-8-16)15-3-1-13(2-4-15)17(22)19-14-5-9-18-10-6-14/h1-6,9-10,16,21H,7-8,11-12H2,(H,18,19,22). The van der Waals surface area contributed by atoms with Gasteiger partial charge in [0.1, 0.15) is 0 Å². The van der Waals surface area contributed by atoms with Crippen molar-refractivity contribution in [1.82, 2.24) is 4.98 Å². The molecule has 22 heavy (non-hydrogen) atoms. The van der Waals surface area contributed by atoms with Crippen molar-refractivity contribution in [3.05, 3.63) is 54.4 Å². The first-order valence-electron chi connectivity index (χ1n) is 7.47. The number of piperidine rings is 1. The summed E-state index contributed by atoms with van der Waals surface area (Å²) in [6.07, 6.45) is 4.70. The Morgan fingerprint density at radius 2 is 1.73 bits per heavy atom. The molecule has 1 aromatic carbocycles. The summed E-state index contributed by atoms with van der Waals surface area (Å²) in [7, 11) is 0. The van der Waals surface area contributed by atoms with Crippen molar-refractivity contribution in [2.45, 2.75) is 18.9 Å². The van der Waals surface area contributed by atoms with Gasteiger partial charge in [-0.3, -0.25) is 9.78 Å². The number of aliphatic hydroxyl groups is 1. The second kappa shape index (κ2) is 6.58. The summed E-state index contributed by atoms with van der Waals surface area (Å²) in [5.41, 5.74) is 2.44. The quantitative estimate of drug-likeness (QED) is 0.912. The highest BCUT2D eigenvalue weighted by atomic mass is 16.3. The monoisotopic (exact) mass is 297 g/mol. The molecule has 5 heteroatoms. The van der Waals surface area contributed by atoms with Crippen LogP contribution in [0.15, 0.2) is 48.8 Å². The molecule has 1 fully saturated rings. The number of anilines is 2. The Morgan fingerprint density at radius 1 is 1.09 bits per heavy atom. The smallest absolute Gasteiger partial charge is 0.255 e. The van der Waals surface area contributed by atoms with Crippen molar-refractivity contribution in [1.29, 1.82) is 0 Å². The lowest BCUT2D eigenvalue weighted by Crippen LogP contribution is -2.35. The molecule has 1 aromatic heterocycles. The van der Waals surface area contributed by atoms with Gasteiger partial charge in [-0.1, -0.05) is 0 Å². The average molecular weight is 297 g/mol. The molecule has 1 aliphatic heterocycles. The van der Waals surface area contributed by atoms with Gasteiger partial charge in [0.25, 0.3) is 5.91 Å². The molecule has 0 saturated carbocycles. The van der Waals surface area contributed by atoms with Gasteiger partial charge < -0.3 is 15.3 Å². The largest absolute Gasteiger partial charge is 0.393 e. The Kier molecular flexibility index (Phi) is 4.34. The SMILES string of the molecule is O=C(Nc1ccncc1)c1ccc(N2CCC(O)CC2)cc1. The zero-order valence-corrected chi connectivity index (χ0v) is 12.3. The minimum atomic E-state index is -0.179. The van der Waals surface area contributed by atoms with Gasteiger partial charge in [-0.05, 0) is 49.2 Å². The minimum Gasteiger partial charge on any atom is -0.393 e. The van der Waals surface area contributed by atoms with Crippen molar-refractivity contribution in [2.24, 2.45) is 0 Å². The first-order valence-corrected chi connectivity index (χ1v) is 7.47. The number of nitrogens with zero attached hydrogens (tertiary/aromatic N) is 2. The summed E-state index contributed by atoms with van der Waals surface area (Å²) in [6, 6.07) is 11.1. The van der Waals surface area contributed by atoms with Crippen molar-refractivity contribution < 1.29 is 9.90 Å². The van der Waals surface area contributed by atoms with Crippen molar-refractivity contribution >= 4 is 17.3 Å². The predicted molar refractivity (Wildman–Crippen MR) is 86.1 cm³/mol. The van der Waals surface area contributed by atoms with Gasteiger partial charge in [-0.2, -0.15) is 0 Å². The van der Waals surface area contributed by atoms with Gasteiger partial charge in [-0.25, -0.2) is 0 Å². The summed E-state index contributed by atoms with van der Waals surface area (Å²) >= 11 is 0. The Balaban J connectivity index is 1.65. The van der Waals surface area contributed by atoms with Gasteiger partial charge in [0.15, 0.2) is 0 Å². The molecule has 1 amide bonds. The third-order valence-electron chi connectivity index (χ3n) is 3.90. The van der Waals surface area contributed by atoms with Gasteiger partial charge >= 0.3 is 0 Å². The molecule has 0 spiro atoms. The summed E-state index contributed by atoms with van der Waals surface area (Å²) in [5.74, 6) is -0.133. The van der Waals surface area contributed by atoms with Crippen molar-refractivity contribution in [3.63, 3.8) is 0 Å². The first kappa shape index (κ1) is 14.5. The van der Waals surface area contributed by atoms with Crippen LogP contribution in [0.3, 0.4) is 0 Å². The fourth-order valence-electron chi connectivity index (χ4n) is 2.59. The third kappa shape index (κ3) is 3.43. The number of rotatable bonds is 3. The number of carbonyl (C=O) groups excluding carboxylic acids is 1. The number of amides is 1. The number of hydrogen-bond acceptors (Lipinski definition) is 4. The average Bonchev–Trinajstić information content (AvgIpc) is 2.57. The van der Waals surface area contributed by atoms with E-state index in [0.29, 0.717) is 5.56 Å².